The number of epoxide rings is 1. The third-order valence-corrected chi connectivity index (χ3v) is 12.0. The second kappa shape index (κ2) is 11.1. The Bertz CT molecular complexity index is 1570. The molecule has 3 aliphatic carbocycles. The molecule has 252 valence electrons. The lowest BCUT2D eigenvalue weighted by Gasteiger charge is -2.61. The van der Waals surface area contributed by atoms with E-state index in [1.165, 1.54) is 0 Å². The molecule has 0 amide bonds. The largest absolute Gasteiger partial charge is 0.459 e. The number of hydrogen-bond acceptors (Lipinski definition) is 9. The molecular weight excluding hydrogens is 600 g/mol. The Morgan fingerprint density at radius 1 is 1.06 bits per heavy atom. The Hall–Kier alpha value is -2.92. The second-order valence-corrected chi connectivity index (χ2v) is 14.5. The molecule has 1 aromatic rings. The number of aliphatic hydroxyl groups excluding tert-OH is 1. The van der Waals surface area contributed by atoms with Gasteiger partial charge in [-0.05, 0) is 61.8 Å². The molecule has 3 saturated heterocycles. The van der Waals surface area contributed by atoms with Gasteiger partial charge in [0.2, 0.25) is 0 Å². The Balaban J connectivity index is 1.33. The maximum atomic E-state index is 14.0. The summed E-state index contributed by atoms with van der Waals surface area (Å²) in [5, 5.41) is 24.7. The van der Waals surface area contributed by atoms with Crippen molar-refractivity contribution in [3.05, 3.63) is 84.0 Å². The van der Waals surface area contributed by atoms with Gasteiger partial charge in [0.1, 0.15) is 30.5 Å². The minimum atomic E-state index is -2.31. The first kappa shape index (κ1) is 32.6. The second-order valence-electron chi connectivity index (χ2n) is 14.5. The summed E-state index contributed by atoms with van der Waals surface area (Å²) in [6.45, 7) is 13.8. The normalized spacial score (nSPS) is 45.8. The molecule has 2 N–H and O–H groups in total. The molecule has 3 aliphatic heterocycles. The highest BCUT2D eigenvalue weighted by Crippen LogP contribution is 2.74. The van der Waals surface area contributed by atoms with Crippen LogP contribution in [0, 0.1) is 23.7 Å². The number of carbonyl (C=O) groups excluding carboxylic acids is 2. The highest BCUT2D eigenvalue weighted by atomic mass is 16.9. The molecule has 1 unspecified atom stereocenters. The number of fused-ring (bicyclic) bond motifs is 3. The Labute approximate surface area is 276 Å². The molecule has 3 bridgehead atoms. The van der Waals surface area contributed by atoms with Crippen LogP contribution in [0.1, 0.15) is 70.7 Å². The summed E-state index contributed by atoms with van der Waals surface area (Å²) in [5.41, 5.74) is -4.79. The highest BCUT2D eigenvalue weighted by Gasteiger charge is 2.89. The number of rotatable bonds is 10. The van der Waals surface area contributed by atoms with Crippen molar-refractivity contribution in [3.8, 4) is 0 Å². The summed E-state index contributed by atoms with van der Waals surface area (Å²) < 4.78 is 33.0. The molecule has 0 aromatic heterocycles. The van der Waals surface area contributed by atoms with Gasteiger partial charge in [-0.1, -0.05) is 82.7 Å². The summed E-state index contributed by atoms with van der Waals surface area (Å²) in [6.07, 6.45) is 10.5. The Morgan fingerprint density at radius 2 is 1.81 bits per heavy atom. The van der Waals surface area contributed by atoms with Crippen LogP contribution >= 0.6 is 0 Å². The number of carbonyl (C=O) groups is 2. The molecule has 6 aliphatic rings. The van der Waals surface area contributed by atoms with Crippen molar-refractivity contribution in [2.75, 3.05) is 6.61 Å². The number of hydrogen-bond donors (Lipinski definition) is 2. The van der Waals surface area contributed by atoms with Crippen LogP contribution in [0.2, 0.25) is 0 Å². The zero-order chi connectivity index (χ0) is 33.6. The minimum Gasteiger partial charge on any atom is -0.459 e. The van der Waals surface area contributed by atoms with Crippen LogP contribution < -0.4 is 0 Å². The molecule has 1 aromatic carbocycles. The van der Waals surface area contributed by atoms with Gasteiger partial charge < -0.3 is 33.9 Å². The predicted molar refractivity (Wildman–Crippen MR) is 172 cm³/mol. The topological polar surface area (TPSA) is 124 Å². The summed E-state index contributed by atoms with van der Waals surface area (Å²) in [6, 6.07) is 8.51. The third kappa shape index (κ3) is 4.23. The maximum Gasteiger partial charge on any atom is 0.338 e. The number of ether oxygens (including phenoxy) is 5. The van der Waals surface area contributed by atoms with Crippen LogP contribution in [0.25, 0.3) is 0 Å². The zero-order valence-corrected chi connectivity index (χ0v) is 27.8. The van der Waals surface area contributed by atoms with Crippen LogP contribution in [0.3, 0.4) is 0 Å². The summed E-state index contributed by atoms with van der Waals surface area (Å²) in [7, 11) is 0. The lowest BCUT2D eigenvalue weighted by Crippen LogP contribution is -2.74. The van der Waals surface area contributed by atoms with Crippen LogP contribution in [-0.2, 0) is 28.5 Å². The Morgan fingerprint density at radius 3 is 2.51 bits per heavy atom. The van der Waals surface area contributed by atoms with E-state index in [4.69, 9.17) is 23.7 Å². The van der Waals surface area contributed by atoms with Gasteiger partial charge in [0.15, 0.2) is 17.0 Å². The molecule has 3 heterocycles. The molecule has 0 spiro atoms. The van der Waals surface area contributed by atoms with Gasteiger partial charge in [0.25, 0.3) is 0 Å². The van der Waals surface area contributed by atoms with Gasteiger partial charge >= 0.3 is 11.9 Å². The molecule has 0 radical (unpaired) electrons. The fourth-order valence-corrected chi connectivity index (χ4v) is 9.55. The van der Waals surface area contributed by atoms with Crippen LogP contribution in [-0.4, -0.2) is 75.3 Å². The zero-order valence-electron chi connectivity index (χ0n) is 27.8. The van der Waals surface area contributed by atoms with E-state index in [1.807, 2.05) is 26.0 Å². The monoisotopic (exact) mass is 646 g/mol. The number of benzene rings is 1. The van der Waals surface area contributed by atoms with Crippen molar-refractivity contribution < 1.29 is 43.5 Å². The van der Waals surface area contributed by atoms with E-state index >= 15 is 0 Å². The molecule has 12 atom stereocenters. The lowest BCUT2D eigenvalue weighted by molar-refractivity contribution is -0.407. The predicted octanol–water partition coefficient (Wildman–Crippen LogP) is 4.98. The molecule has 7 rings (SSSR count). The third-order valence-electron chi connectivity index (χ3n) is 12.0. The molecule has 2 saturated carbocycles. The molecule has 5 fully saturated rings. The number of unbranched alkanes of at least 4 members (excludes halogenated alkanes) is 3. The van der Waals surface area contributed by atoms with Crippen LogP contribution in [0.4, 0.5) is 0 Å². The van der Waals surface area contributed by atoms with E-state index in [-0.39, 0.29) is 18.4 Å². The molecule has 9 nitrogen and oxygen atoms in total. The van der Waals surface area contributed by atoms with Gasteiger partial charge in [-0.3, -0.25) is 4.79 Å². The van der Waals surface area contributed by atoms with E-state index in [2.05, 4.69) is 26.5 Å². The average molecular weight is 647 g/mol. The molecule has 9 heteroatoms. The van der Waals surface area contributed by atoms with Crippen LogP contribution in [0.15, 0.2) is 78.4 Å². The fourth-order valence-electron chi connectivity index (χ4n) is 9.55. The fraction of sp³-hybridized carbons (Fsp3) is 0.579. The Kier molecular flexibility index (Phi) is 7.67. The first-order valence-electron chi connectivity index (χ1n) is 17.0. The van der Waals surface area contributed by atoms with Gasteiger partial charge in [0, 0.05) is 17.9 Å². The summed E-state index contributed by atoms with van der Waals surface area (Å²) >= 11 is 0. The van der Waals surface area contributed by atoms with Crippen molar-refractivity contribution in [2.45, 2.75) is 107 Å². The van der Waals surface area contributed by atoms with Crippen molar-refractivity contribution in [3.63, 3.8) is 0 Å². The number of ketones is 1. The van der Waals surface area contributed by atoms with Crippen molar-refractivity contribution in [1.82, 2.24) is 0 Å². The maximum absolute atomic E-state index is 14.0. The summed E-state index contributed by atoms with van der Waals surface area (Å²) in [5.74, 6) is -5.00. The standard InChI is InChI=1S/C38H46O9/c1-7-8-9-10-11-12-16-19-35-45-31-28-30-34(44-30,21-43-32(40)26-17-14-13-15-18-26)33(41)36(42)27(20-23(4)29(36)39)38(28,47-35)25(6)24(5)37(31,46-35)22(2)3/h11-20,24-25,27-28,30-31,33,41-42H,2,7-10,21H2,1,3-6H3/b12-11+,19-16+/t24-,25-,27-,28+,30+,31-,33-,34+,35?,36-,37+,38+/m1/s1. The smallest absolute Gasteiger partial charge is 0.338 e. The average Bonchev–Trinajstić information content (AvgIpc) is 3.67. The quantitative estimate of drug-likeness (QED) is 0.119. The SMILES string of the molecule is C=C(C)[C@@]12OC3(/C=C/C=C/CCCCC)O[C@@H]1[C@@H]1[C@@H]4O[C@]4(COC(=O)c4ccccc4)[C@@H](O)[C@]4(O)C(=O)C(C)=C[C@H]4[C@@]1(O3)[C@H](C)[C@H]2C. The summed E-state index contributed by atoms with van der Waals surface area (Å²) in [4.78, 5) is 27.1. The van der Waals surface area contributed by atoms with Crippen LogP contribution in [0.5, 0.6) is 0 Å². The van der Waals surface area contributed by atoms with Gasteiger partial charge in [-0.25, -0.2) is 4.79 Å². The van der Waals surface area contributed by atoms with Crippen molar-refractivity contribution in [2.24, 2.45) is 23.7 Å². The van der Waals surface area contributed by atoms with Gasteiger partial charge in [-0.2, -0.15) is 0 Å². The number of Topliss-reactive ketones (excluding diaryl/α,β-unsaturated/α-hetero) is 1. The van der Waals surface area contributed by atoms with E-state index in [0.29, 0.717) is 11.1 Å². The molecular formula is C38H46O9. The first-order chi connectivity index (χ1) is 22.4. The van der Waals surface area contributed by atoms with Gasteiger partial charge in [-0.15, -0.1) is 0 Å². The number of allylic oxidation sites excluding steroid dienone is 3. The number of esters is 1. The number of aliphatic hydroxyl groups is 2. The van der Waals surface area contributed by atoms with E-state index < -0.39 is 70.3 Å². The minimum absolute atomic E-state index is 0.225. The van der Waals surface area contributed by atoms with Crippen molar-refractivity contribution >= 4 is 11.8 Å². The van der Waals surface area contributed by atoms with E-state index in [1.54, 1.807) is 49.4 Å². The molecule has 47 heavy (non-hydrogen) atoms. The van der Waals surface area contributed by atoms with E-state index in [9.17, 15) is 19.8 Å². The van der Waals surface area contributed by atoms with Gasteiger partial charge in [0.05, 0.1) is 11.2 Å². The van der Waals surface area contributed by atoms with Crippen molar-refractivity contribution in [1.29, 1.82) is 0 Å². The first-order valence-corrected chi connectivity index (χ1v) is 17.0. The van der Waals surface area contributed by atoms with E-state index in [0.717, 1.165) is 31.3 Å². The lowest BCUT2D eigenvalue weighted by atomic mass is 9.50. The highest BCUT2D eigenvalue weighted by molar-refractivity contribution is 6.05.